The SMILES string of the molecule is CCN1Cc2nc(OC)c(CNC(=O)c3cccc4c3OCC4)cc2C1=O. The normalized spacial score (nSPS) is 14.6. The van der Waals surface area contributed by atoms with Crippen LogP contribution >= 0.6 is 0 Å². The quantitative estimate of drug-likeness (QED) is 0.873. The molecule has 1 aromatic carbocycles. The van der Waals surface area contributed by atoms with Gasteiger partial charge in [0.05, 0.1) is 37.1 Å². The highest BCUT2D eigenvalue weighted by Crippen LogP contribution is 2.30. The van der Waals surface area contributed by atoms with E-state index in [4.69, 9.17) is 9.47 Å². The van der Waals surface area contributed by atoms with Crippen molar-refractivity contribution >= 4 is 11.8 Å². The zero-order chi connectivity index (χ0) is 19.0. The molecule has 0 aliphatic carbocycles. The molecule has 2 amide bonds. The largest absolute Gasteiger partial charge is 0.492 e. The number of ether oxygens (including phenoxy) is 2. The smallest absolute Gasteiger partial charge is 0.256 e. The summed E-state index contributed by atoms with van der Waals surface area (Å²) in [7, 11) is 1.53. The van der Waals surface area contributed by atoms with Gasteiger partial charge in [-0.25, -0.2) is 4.98 Å². The number of fused-ring (bicyclic) bond motifs is 2. The molecule has 0 fully saturated rings. The fourth-order valence-electron chi connectivity index (χ4n) is 3.53. The molecule has 27 heavy (non-hydrogen) atoms. The third kappa shape index (κ3) is 2.99. The van der Waals surface area contributed by atoms with Crippen LogP contribution in [0, 0.1) is 0 Å². The van der Waals surface area contributed by atoms with E-state index < -0.39 is 0 Å². The number of nitrogens with zero attached hydrogens (tertiary/aromatic N) is 2. The minimum Gasteiger partial charge on any atom is -0.492 e. The highest BCUT2D eigenvalue weighted by atomic mass is 16.5. The second kappa shape index (κ2) is 6.90. The second-order valence-electron chi connectivity index (χ2n) is 6.55. The third-order valence-corrected chi connectivity index (χ3v) is 4.97. The van der Waals surface area contributed by atoms with E-state index in [0.717, 1.165) is 12.0 Å². The highest BCUT2D eigenvalue weighted by molar-refractivity contribution is 5.99. The zero-order valence-corrected chi connectivity index (χ0v) is 15.4. The lowest BCUT2D eigenvalue weighted by molar-refractivity contribution is 0.0786. The summed E-state index contributed by atoms with van der Waals surface area (Å²) >= 11 is 0. The van der Waals surface area contributed by atoms with Crippen molar-refractivity contribution in [3.63, 3.8) is 0 Å². The van der Waals surface area contributed by atoms with E-state index >= 15 is 0 Å². The van der Waals surface area contributed by atoms with Gasteiger partial charge in [0, 0.05) is 25.1 Å². The number of rotatable bonds is 5. The van der Waals surface area contributed by atoms with Crippen LogP contribution in [0.4, 0.5) is 0 Å². The van der Waals surface area contributed by atoms with Gasteiger partial charge in [0.1, 0.15) is 5.75 Å². The van der Waals surface area contributed by atoms with Gasteiger partial charge in [0.2, 0.25) is 5.88 Å². The molecule has 2 aliphatic rings. The summed E-state index contributed by atoms with van der Waals surface area (Å²) in [5.74, 6) is 0.819. The first-order valence-corrected chi connectivity index (χ1v) is 9.01. The highest BCUT2D eigenvalue weighted by Gasteiger charge is 2.29. The molecule has 7 nitrogen and oxygen atoms in total. The number of amides is 2. The van der Waals surface area contributed by atoms with Crippen LogP contribution in [0.15, 0.2) is 24.3 Å². The lowest BCUT2D eigenvalue weighted by atomic mass is 10.1. The first-order valence-electron chi connectivity index (χ1n) is 9.01. The number of benzene rings is 1. The molecular weight excluding hydrogens is 346 g/mol. The average molecular weight is 367 g/mol. The topological polar surface area (TPSA) is 80.8 Å². The van der Waals surface area contributed by atoms with Crippen molar-refractivity contribution in [2.45, 2.75) is 26.4 Å². The molecule has 0 spiro atoms. The van der Waals surface area contributed by atoms with E-state index in [2.05, 4.69) is 10.3 Å². The molecule has 2 aliphatic heterocycles. The molecule has 1 aromatic heterocycles. The number of para-hydroxylation sites is 1. The Morgan fingerprint density at radius 1 is 1.41 bits per heavy atom. The number of carbonyl (C=O) groups is 2. The summed E-state index contributed by atoms with van der Waals surface area (Å²) in [6.07, 6.45) is 0.815. The van der Waals surface area contributed by atoms with Crippen molar-refractivity contribution in [3.05, 3.63) is 52.2 Å². The van der Waals surface area contributed by atoms with Crippen LogP contribution in [-0.2, 0) is 19.5 Å². The molecule has 0 unspecified atom stereocenters. The lowest BCUT2D eigenvalue weighted by Crippen LogP contribution is -2.24. The Morgan fingerprint density at radius 2 is 2.26 bits per heavy atom. The minimum absolute atomic E-state index is 0.0375. The van der Waals surface area contributed by atoms with Gasteiger partial charge in [-0.3, -0.25) is 9.59 Å². The summed E-state index contributed by atoms with van der Waals surface area (Å²) in [4.78, 5) is 31.2. The molecule has 7 heteroatoms. The van der Waals surface area contributed by atoms with E-state index in [0.29, 0.717) is 53.7 Å². The summed E-state index contributed by atoms with van der Waals surface area (Å²) in [6, 6.07) is 7.35. The zero-order valence-electron chi connectivity index (χ0n) is 15.4. The fraction of sp³-hybridized carbons (Fsp3) is 0.350. The second-order valence-corrected chi connectivity index (χ2v) is 6.55. The Bertz CT molecular complexity index is 926. The summed E-state index contributed by atoms with van der Waals surface area (Å²) in [5.41, 5.74) is 3.52. The van der Waals surface area contributed by atoms with Crippen LogP contribution in [0.1, 0.15) is 44.5 Å². The van der Waals surface area contributed by atoms with Crippen molar-refractivity contribution in [2.24, 2.45) is 0 Å². The van der Waals surface area contributed by atoms with Crippen molar-refractivity contribution in [3.8, 4) is 11.6 Å². The molecule has 0 atom stereocenters. The number of methoxy groups -OCH3 is 1. The van der Waals surface area contributed by atoms with Crippen molar-refractivity contribution in [1.82, 2.24) is 15.2 Å². The monoisotopic (exact) mass is 367 g/mol. The van der Waals surface area contributed by atoms with Crippen molar-refractivity contribution in [1.29, 1.82) is 0 Å². The molecule has 140 valence electrons. The third-order valence-electron chi connectivity index (χ3n) is 4.97. The maximum Gasteiger partial charge on any atom is 0.256 e. The van der Waals surface area contributed by atoms with Gasteiger partial charge >= 0.3 is 0 Å². The minimum atomic E-state index is -0.224. The Hall–Kier alpha value is -3.09. The van der Waals surface area contributed by atoms with Crippen molar-refractivity contribution < 1.29 is 19.1 Å². The maximum atomic E-state index is 12.6. The van der Waals surface area contributed by atoms with Gasteiger partial charge in [0.25, 0.3) is 11.8 Å². The van der Waals surface area contributed by atoms with E-state index in [1.54, 1.807) is 17.0 Å². The Kier molecular flexibility index (Phi) is 4.43. The van der Waals surface area contributed by atoms with Crippen LogP contribution in [-0.4, -0.2) is 42.0 Å². The van der Waals surface area contributed by atoms with Crippen LogP contribution in [0.3, 0.4) is 0 Å². The fourth-order valence-corrected chi connectivity index (χ4v) is 3.53. The molecule has 3 heterocycles. The van der Waals surface area contributed by atoms with Crippen LogP contribution in [0.5, 0.6) is 11.6 Å². The van der Waals surface area contributed by atoms with Gasteiger partial charge in [-0.2, -0.15) is 0 Å². The van der Waals surface area contributed by atoms with Crippen LogP contribution < -0.4 is 14.8 Å². The first kappa shape index (κ1) is 17.3. The number of hydrogen-bond acceptors (Lipinski definition) is 5. The molecule has 0 radical (unpaired) electrons. The standard InChI is InChI=1S/C20H21N3O4/c1-3-23-11-16-15(20(23)25)9-13(19(22-16)26-2)10-21-18(24)14-6-4-5-12-7-8-27-17(12)14/h4-6,9H,3,7-8,10-11H2,1-2H3,(H,21,24). The Morgan fingerprint density at radius 3 is 3.04 bits per heavy atom. The molecule has 1 N–H and O–H groups in total. The van der Waals surface area contributed by atoms with E-state index in [1.807, 2.05) is 19.1 Å². The molecule has 0 saturated heterocycles. The maximum absolute atomic E-state index is 12.6. The Balaban J connectivity index is 1.55. The van der Waals surface area contributed by atoms with Crippen LogP contribution in [0.25, 0.3) is 0 Å². The predicted octanol–water partition coefficient (Wildman–Crippen LogP) is 1.93. The molecule has 0 saturated carbocycles. The van der Waals surface area contributed by atoms with E-state index in [9.17, 15) is 9.59 Å². The number of pyridine rings is 1. The van der Waals surface area contributed by atoms with Gasteiger partial charge in [0.15, 0.2) is 0 Å². The Labute approximate surface area is 157 Å². The molecular formula is C20H21N3O4. The molecule has 2 aromatic rings. The van der Waals surface area contributed by atoms with Gasteiger partial charge < -0.3 is 19.7 Å². The lowest BCUT2D eigenvalue weighted by Gasteiger charge is -2.12. The number of nitrogens with one attached hydrogen (secondary N) is 1. The summed E-state index contributed by atoms with van der Waals surface area (Å²) < 4.78 is 11.0. The molecule has 0 bridgehead atoms. The van der Waals surface area contributed by atoms with E-state index in [-0.39, 0.29) is 18.4 Å². The van der Waals surface area contributed by atoms with Gasteiger partial charge in [-0.1, -0.05) is 12.1 Å². The van der Waals surface area contributed by atoms with Crippen LogP contribution in [0.2, 0.25) is 0 Å². The van der Waals surface area contributed by atoms with Gasteiger partial charge in [-0.05, 0) is 24.6 Å². The number of aromatic nitrogens is 1. The number of hydrogen-bond donors (Lipinski definition) is 1. The number of carbonyl (C=O) groups excluding carboxylic acids is 2. The van der Waals surface area contributed by atoms with Gasteiger partial charge in [-0.15, -0.1) is 0 Å². The molecule has 4 rings (SSSR count). The summed E-state index contributed by atoms with van der Waals surface area (Å²) in [6.45, 7) is 3.86. The van der Waals surface area contributed by atoms with Crippen molar-refractivity contribution in [2.75, 3.05) is 20.3 Å². The first-order chi connectivity index (χ1) is 13.1. The average Bonchev–Trinajstić information content (AvgIpc) is 3.29. The predicted molar refractivity (Wildman–Crippen MR) is 98.0 cm³/mol. The summed E-state index contributed by atoms with van der Waals surface area (Å²) in [5, 5.41) is 2.89. The van der Waals surface area contributed by atoms with E-state index in [1.165, 1.54) is 7.11 Å².